The van der Waals surface area contributed by atoms with Crippen LogP contribution in [-0.2, 0) is 23.9 Å². The molecule has 3 unspecified atom stereocenters. The Morgan fingerprint density at radius 3 is 2.58 bits per heavy atom. The van der Waals surface area contributed by atoms with E-state index < -0.39 is 41.1 Å². The Labute approximate surface area is 267 Å². The molecule has 8 atom stereocenters. The van der Waals surface area contributed by atoms with E-state index in [0.29, 0.717) is 24.9 Å². The normalized spacial score (nSPS) is 29.8. The fraction of sp³-hybridized carbons (Fsp3) is 0.541. The van der Waals surface area contributed by atoms with Gasteiger partial charge in [0.2, 0.25) is 5.91 Å². The van der Waals surface area contributed by atoms with Crippen molar-refractivity contribution >= 4 is 34.2 Å². The van der Waals surface area contributed by atoms with Crippen LogP contribution >= 0.6 is 0 Å². The second-order valence-corrected chi connectivity index (χ2v) is 13.3. The number of ether oxygens (including phenoxy) is 2. The number of fused-ring (bicyclic) bond motifs is 2. The third kappa shape index (κ3) is 5.40. The summed E-state index contributed by atoms with van der Waals surface area (Å²) < 4.78 is 12.7. The summed E-state index contributed by atoms with van der Waals surface area (Å²) in [5.41, 5.74) is -1.54. The van der Waals surface area contributed by atoms with Crippen LogP contribution in [-0.4, -0.2) is 70.8 Å². The van der Waals surface area contributed by atoms with Crippen LogP contribution in [0.15, 0.2) is 67.8 Å². The predicted octanol–water partition coefficient (Wildman–Crippen LogP) is 5.68. The van der Waals surface area contributed by atoms with Crippen molar-refractivity contribution in [1.29, 1.82) is 0 Å². The van der Waals surface area contributed by atoms with Gasteiger partial charge in [-0.05, 0) is 67.3 Å². The van der Waals surface area contributed by atoms with E-state index in [2.05, 4.69) is 13.2 Å². The molecule has 0 aromatic heterocycles. The van der Waals surface area contributed by atoms with Crippen LogP contribution in [0.5, 0.6) is 0 Å². The van der Waals surface area contributed by atoms with Gasteiger partial charge in [-0.2, -0.15) is 0 Å². The first kappa shape index (κ1) is 32.9. The highest BCUT2D eigenvalue weighted by molar-refractivity contribution is 6.06. The van der Waals surface area contributed by atoms with Crippen LogP contribution in [0.3, 0.4) is 0 Å². The number of amides is 2. The molecule has 2 amide bonds. The number of aliphatic hydroxyl groups excluding tert-OH is 1. The average Bonchev–Trinajstić information content (AvgIpc) is 3.55. The minimum atomic E-state index is -1.24. The SMILES string of the molecule is C=CCCCCOC(=O)[C@H]1[C@H]2C(=O)N([C@@H](CO)[C@@H](C)CC)C(C(=O)N(CC=C)c3ccc4ccccc4c3)C23CC(C)[C@]1(C)O3. The molecule has 0 saturated carbocycles. The number of carbonyl (C=O) groups excluding carboxylic acids is 3. The Hall–Kier alpha value is -3.49. The van der Waals surface area contributed by atoms with Gasteiger partial charge in [-0.15, -0.1) is 13.2 Å². The Balaban J connectivity index is 1.59. The number of aliphatic hydroxyl groups is 1. The third-order valence-corrected chi connectivity index (χ3v) is 10.8. The number of likely N-dealkylation sites (tertiary alicyclic amines) is 1. The predicted molar refractivity (Wildman–Crippen MR) is 175 cm³/mol. The molecule has 1 N–H and O–H groups in total. The van der Waals surface area contributed by atoms with Gasteiger partial charge in [0, 0.05) is 12.2 Å². The number of hydrogen-bond donors (Lipinski definition) is 1. The summed E-state index contributed by atoms with van der Waals surface area (Å²) in [4.78, 5) is 46.8. The second kappa shape index (κ2) is 13.1. The molecule has 2 bridgehead atoms. The topological polar surface area (TPSA) is 96.4 Å². The van der Waals surface area contributed by atoms with E-state index in [0.717, 1.165) is 23.6 Å². The van der Waals surface area contributed by atoms with Crippen LogP contribution in [0.2, 0.25) is 0 Å². The minimum absolute atomic E-state index is 0.0986. The molecule has 2 aromatic carbocycles. The highest BCUT2D eigenvalue weighted by Crippen LogP contribution is 2.66. The van der Waals surface area contributed by atoms with Crippen molar-refractivity contribution in [1.82, 2.24) is 4.90 Å². The lowest BCUT2D eigenvalue weighted by atomic mass is 9.62. The van der Waals surface area contributed by atoms with Crippen molar-refractivity contribution in [2.75, 3.05) is 24.7 Å². The zero-order chi connectivity index (χ0) is 32.5. The molecule has 2 aromatic rings. The molecule has 3 aliphatic heterocycles. The molecule has 3 heterocycles. The molecule has 5 rings (SSSR count). The average molecular weight is 617 g/mol. The molecule has 8 heteroatoms. The van der Waals surface area contributed by atoms with Gasteiger partial charge >= 0.3 is 5.97 Å². The number of hydrogen-bond acceptors (Lipinski definition) is 6. The Morgan fingerprint density at radius 1 is 1.18 bits per heavy atom. The summed E-state index contributed by atoms with van der Waals surface area (Å²) in [5.74, 6) is -3.06. The fourth-order valence-corrected chi connectivity index (χ4v) is 8.08. The van der Waals surface area contributed by atoms with Gasteiger partial charge in [-0.1, -0.05) is 69.7 Å². The number of carbonyl (C=O) groups is 3. The largest absolute Gasteiger partial charge is 0.465 e. The smallest absolute Gasteiger partial charge is 0.312 e. The summed E-state index contributed by atoms with van der Waals surface area (Å²) in [6, 6.07) is 12.1. The molecule has 0 aliphatic carbocycles. The van der Waals surface area contributed by atoms with Gasteiger partial charge in [-0.3, -0.25) is 14.4 Å². The van der Waals surface area contributed by atoms with Crippen molar-refractivity contribution in [3.63, 3.8) is 0 Å². The summed E-state index contributed by atoms with van der Waals surface area (Å²) in [6.07, 6.45) is 7.02. The monoisotopic (exact) mass is 616 g/mol. The lowest BCUT2D eigenvalue weighted by Crippen LogP contribution is -2.60. The Morgan fingerprint density at radius 2 is 1.91 bits per heavy atom. The van der Waals surface area contributed by atoms with Gasteiger partial charge in [0.25, 0.3) is 5.91 Å². The number of benzene rings is 2. The quantitative estimate of drug-likeness (QED) is 0.167. The van der Waals surface area contributed by atoms with Gasteiger partial charge < -0.3 is 24.4 Å². The molecule has 1 spiro atoms. The maximum absolute atomic E-state index is 15.0. The number of nitrogens with zero attached hydrogens (tertiary/aromatic N) is 2. The van der Waals surface area contributed by atoms with Crippen LogP contribution in [0.25, 0.3) is 10.8 Å². The molecule has 3 aliphatic rings. The minimum Gasteiger partial charge on any atom is -0.465 e. The molecule has 3 fully saturated rings. The molecule has 45 heavy (non-hydrogen) atoms. The molecular weight excluding hydrogens is 568 g/mol. The van der Waals surface area contributed by atoms with Gasteiger partial charge in [0.15, 0.2) is 0 Å². The Bertz CT molecular complexity index is 1460. The van der Waals surface area contributed by atoms with Gasteiger partial charge in [0.05, 0.1) is 30.8 Å². The fourth-order valence-electron chi connectivity index (χ4n) is 8.08. The van der Waals surface area contributed by atoms with Gasteiger partial charge in [-0.25, -0.2) is 0 Å². The maximum Gasteiger partial charge on any atom is 0.312 e. The first-order valence-electron chi connectivity index (χ1n) is 16.4. The molecule has 0 radical (unpaired) electrons. The van der Waals surface area contributed by atoms with Crippen molar-refractivity contribution in [3.05, 3.63) is 67.8 Å². The number of unbranched alkanes of at least 4 members (excludes halogenated alkanes) is 2. The highest BCUT2D eigenvalue weighted by Gasteiger charge is 2.81. The van der Waals surface area contributed by atoms with Crippen LogP contribution in [0.4, 0.5) is 5.69 Å². The van der Waals surface area contributed by atoms with E-state index in [1.54, 1.807) is 15.9 Å². The van der Waals surface area contributed by atoms with E-state index in [-0.39, 0.29) is 43.4 Å². The summed E-state index contributed by atoms with van der Waals surface area (Å²) in [7, 11) is 0. The number of rotatable bonds is 14. The summed E-state index contributed by atoms with van der Waals surface area (Å²) >= 11 is 0. The highest BCUT2D eigenvalue weighted by atomic mass is 16.6. The van der Waals surface area contributed by atoms with Gasteiger partial charge in [0.1, 0.15) is 17.6 Å². The van der Waals surface area contributed by atoms with Crippen LogP contribution in [0, 0.1) is 23.7 Å². The number of anilines is 1. The van der Waals surface area contributed by atoms with E-state index in [1.807, 2.05) is 76.2 Å². The molecular formula is C37H48N2O6. The van der Waals surface area contributed by atoms with Crippen molar-refractivity contribution in [2.45, 2.75) is 83.1 Å². The van der Waals surface area contributed by atoms with E-state index in [1.165, 1.54) is 0 Å². The molecule has 3 saturated heterocycles. The summed E-state index contributed by atoms with van der Waals surface area (Å²) in [6.45, 7) is 15.7. The lowest BCUT2D eigenvalue weighted by Gasteiger charge is -2.41. The Kier molecular flexibility index (Phi) is 9.57. The molecule has 8 nitrogen and oxygen atoms in total. The van der Waals surface area contributed by atoms with Crippen molar-refractivity contribution in [3.8, 4) is 0 Å². The van der Waals surface area contributed by atoms with Crippen LogP contribution < -0.4 is 4.90 Å². The standard InChI is InChI=1S/C37H48N2O6/c1-7-10-11-14-20-44-35(43)31-30-33(41)39(29(23-40)24(4)9-3)32(37(30)22-25(5)36(31,6)45-37)34(42)38(19-8-2)28-18-17-26-15-12-13-16-27(26)21-28/h7-8,12-13,15-18,21,24-25,29-32,40H,1-2,9-11,14,19-20,22-23H2,3-6H3/t24-,25?,29-,30-,31+,32?,36-,37?/m0/s1. The number of esters is 1. The van der Waals surface area contributed by atoms with Crippen molar-refractivity contribution in [2.24, 2.45) is 23.7 Å². The van der Waals surface area contributed by atoms with E-state index in [4.69, 9.17) is 9.47 Å². The second-order valence-electron chi connectivity index (χ2n) is 13.3. The first-order valence-corrected chi connectivity index (χ1v) is 16.4. The van der Waals surface area contributed by atoms with E-state index in [9.17, 15) is 14.7 Å². The van der Waals surface area contributed by atoms with Crippen LogP contribution in [0.1, 0.15) is 59.8 Å². The molecule has 242 valence electrons. The van der Waals surface area contributed by atoms with Crippen molar-refractivity contribution < 1.29 is 29.0 Å². The lowest BCUT2D eigenvalue weighted by molar-refractivity contribution is -0.163. The third-order valence-electron chi connectivity index (χ3n) is 10.8. The zero-order valence-corrected chi connectivity index (χ0v) is 27.1. The first-order chi connectivity index (χ1) is 21.6. The van der Waals surface area contributed by atoms with E-state index >= 15 is 4.79 Å². The number of allylic oxidation sites excluding steroid dienone is 1. The zero-order valence-electron chi connectivity index (χ0n) is 27.1. The summed E-state index contributed by atoms with van der Waals surface area (Å²) in [5, 5.41) is 12.7. The maximum atomic E-state index is 15.0.